The normalized spacial score (nSPS) is 11.8. The predicted octanol–water partition coefficient (Wildman–Crippen LogP) is 2.02. The highest BCUT2D eigenvalue weighted by atomic mass is 19.4. The van der Waals surface area contributed by atoms with E-state index in [1.54, 1.807) is 0 Å². The molecule has 1 aromatic rings. The topological polar surface area (TPSA) is 47.0 Å². The van der Waals surface area contributed by atoms with Gasteiger partial charge in [0, 0.05) is 18.7 Å². The maximum Gasteiger partial charge on any atom is 0.411 e. The summed E-state index contributed by atoms with van der Waals surface area (Å²) in [5.41, 5.74) is 1.63. The largest absolute Gasteiger partial charge is 0.411 e. The number of halogens is 3. The Hall–Kier alpha value is -1.21. The summed E-state index contributed by atoms with van der Waals surface area (Å²) < 4.78 is 40.2. The molecular formula is C12H18F3N3O. The minimum atomic E-state index is -4.29. The van der Waals surface area contributed by atoms with E-state index >= 15 is 0 Å². The number of hydrogen-bond donors (Lipinski definition) is 1. The molecule has 0 fully saturated rings. The van der Waals surface area contributed by atoms with Gasteiger partial charge in [-0.2, -0.15) is 13.2 Å². The smallest absolute Gasteiger partial charge is 0.372 e. The lowest BCUT2D eigenvalue weighted by molar-refractivity contribution is -0.173. The van der Waals surface area contributed by atoms with Crippen LogP contribution in [-0.4, -0.2) is 35.9 Å². The molecule has 19 heavy (non-hydrogen) atoms. The molecule has 1 aromatic heterocycles. The summed E-state index contributed by atoms with van der Waals surface area (Å²) in [6, 6.07) is 1.85. The Bertz CT molecular complexity index is 396. The van der Waals surface area contributed by atoms with Crippen molar-refractivity contribution in [2.75, 3.05) is 19.8 Å². The first-order chi connectivity index (χ1) is 8.90. The van der Waals surface area contributed by atoms with E-state index in [2.05, 4.69) is 20.0 Å². The van der Waals surface area contributed by atoms with Gasteiger partial charge in [-0.15, -0.1) is 0 Å². The third kappa shape index (κ3) is 7.07. The zero-order chi connectivity index (χ0) is 14.3. The predicted molar refractivity (Wildman–Crippen MR) is 64.7 cm³/mol. The van der Waals surface area contributed by atoms with Gasteiger partial charge in [0.15, 0.2) is 0 Å². The fourth-order valence-electron chi connectivity index (χ4n) is 1.51. The first kappa shape index (κ1) is 15.8. The molecule has 0 aliphatic heterocycles. The van der Waals surface area contributed by atoms with Crippen LogP contribution in [0.3, 0.4) is 0 Å². The number of ether oxygens (including phenoxy) is 1. The molecule has 0 saturated carbocycles. The SMILES string of the molecule is CCNCc1cc(C)nc(CCOCC(F)(F)F)n1. The fraction of sp³-hybridized carbons (Fsp3) is 0.667. The molecule has 108 valence electrons. The summed E-state index contributed by atoms with van der Waals surface area (Å²) in [6.07, 6.45) is -4.01. The van der Waals surface area contributed by atoms with E-state index in [4.69, 9.17) is 0 Å². The molecule has 0 aliphatic carbocycles. The van der Waals surface area contributed by atoms with Gasteiger partial charge in [-0.05, 0) is 19.5 Å². The standard InChI is InChI=1S/C12H18F3N3O/c1-3-16-7-10-6-9(2)17-11(18-10)4-5-19-8-12(13,14)15/h6,16H,3-5,7-8H2,1-2H3. The minimum absolute atomic E-state index is 0.0381. The zero-order valence-electron chi connectivity index (χ0n) is 11.0. The number of nitrogens with one attached hydrogen (secondary N) is 1. The summed E-state index contributed by atoms with van der Waals surface area (Å²) in [7, 11) is 0. The Morgan fingerprint density at radius 3 is 2.68 bits per heavy atom. The molecule has 0 unspecified atom stereocenters. The van der Waals surface area contributed by atoms with Gasteiger partial charge in [0.25, 0.3) is 0 Å². The third-order valence-corrected chi connectivity index (χ3v) is 2.25. The summed E-state index contributed by atoms with van der Waals surface area (Å²) in [6.45, 7) is 3.99. The second-order valence-corrected chi connectivity index (χ2v) is 4.11. The Labute approximate surface area is 110 Å². The van der Waals surface area contributed by atoms with E-state index in [-0.39, 0.29) is 13.0 Å². The van der Waals surface area contributed by atoms with Crippen molar-refractivity contribution in [1.29, 1.82) is 0 Å². The average molecular weight is 277 g/mol. The van der Waals surface area contributed by atoms with Gasteiger partial charge in [0.05, 0.1) is 12.3 Å². The Balaban J connectivity index is 2.46. The quantitative estimate of drug-likeness (QED) is 0.775. The molecule has 0 amide bonds. The summed E-state index contributed by atoms with van der Waals surface area (Å²) in [5.74, 6) is 0.509. The van der Waals surface area contributed by atoms with Crippen molar-refractivity contribution in [3.8, 4) is 0 Å². The van der Waals surface area contributed by atoms with E-state index in [1.807, 2.05) is 19.9 Å². The molecule has 1 rings (SSSR count). The fourth-order valence-corrected chi connectivity index (χ4v) is 1.51. The van der Waals surface area contributed by atoms with Crippen LogP contribution in [0.4, 0.5) is 13.2 Å². The monoisotopic (exact) mass is 277 g/mol. The molecule has 4 nitrogen and oxygen atoms in total. The first-order valence-electron chi connectivity index (χ1n) is 6.09. The van der Waals surface area contributed by atoms with Crippen LogP contribution in [0.1, 0.15) is 24.1 Å². The molecule has 1 N–H and O–H groups in total. The van der Waals surface area contributed by atoms with E-state index in [9.17, 15) is 13.2 Å². The second-order valence-electron chi connectivity index (χ2n) is 4.11. The van der Waals surface area contributed by atoms with Crippen LogP contribution >= 0.6 is 0 Å². The third-order valence-electron chi connectivity index (χ3n) is 2.25. The lowest BCUT2D eigenvalue weighted by Gasteiger charge is -2.08. The highest BCUT2D eigenvalue weighted by Crippen LogP contribution is 2.14. The van der Waals surface area contributed by atoms with Crippen LogP contribution in [0.15, 0.2) is 6.07 Å². The molecule has 0 saturated heterocycles. The first-order valence-corrected chi connectivity index (χ1v) is 6.09. The van der Waals surface area contributed by atoms with Crippen molar-refractivity contribution in [1.82, 2.24) is 15.3 Å². The van der Waals surface area contributed by atoms with E-state index in [0.717, 1.165) is 17.9 Å². The van der Waals surface area contributed by atoms with Crippen molar-refractivity contribution >= 4 is 0 Å². The van der Waals surface area contributed by atoms with Crippen LogP contribution in [0, 0.1) is 6.92 Å². The lowest BCUT2D eigenvalue weighted by atomic mass is 10.3. The molecule has 0 atom stereocenters. The average Bonchev–Trinajstić information content (AvgIpc) is 2.30. The number of aromatic nitrogens is 2. The Morgan fingerprint density at radius 2 is 2.05 bits per heavy atom. The number of rotatable bonds is 7. The molecule has 1 heterocycles. The van der Waals surface area contributed by atoms with Crippen LogP contribution in [-0.2, 0) is 17.7 Å². The Kier molecular flexibility index (Phi) is 6.17. The Morgan fingerprint density at radius 1 is 1.32 bits per heavy atom. The number of alkyl halides is 3. The highest BCUT2D eigenvalue weighted by Gasteiger charge is 2.27. The molecule has 0 aromatic carbocycles. The van der Waals surface area contributed by atoms with Gasteiger partial charge in [-0.3, -0.25) is 0 Å². The van der Waals surface area contributed by atoms with Crippen molar-refractivity contribution in [3.05, 3.63) is 23.3 Å². The molecule has 0 radical (unpaired) electrons. The van der Waals surface area contributed by atoms with Gasteiger partial charge in [0.1, 0.15) is 12.4 Å². The van der Waals surface area contributed by atoms with E-state index < -0.39 is 12.8 Å². The molecule has 0 aliphatic rings. The van der Waals surface area contributed by atoms with Crippen LogP contribution in [0.2, 0.25) is 0 Å². The van der Waals surface area contributed by atoms with Crippen molar-refractivity contribution < 1.29 is 17.9 Å². The van der Waals surface area contributed by atoms with Crippen LogP contribution < -0.4 is 5.32 Å². The minimum Gasteiger partial charge on any atom is -0.372 e. The zero-order valence-corrected chi connectivity index (χ0v) is 11.0. The summed E-state index contributed by atoms with van der Waals surface area (Å²) >= 11 is 0. The summed E-state index contributed by atoms with van der Waals surface area (Å²) in [4.78, 5) is 8.45. The number of hydrogen-bond acceptors (Lipinski definition) is 4. The highest BCUT2D eigenvalue weighted by molar-refractivity contribution is 5.10. The van der Waals surface area contributed by atoms with Crippen LogP contribution in [0.5, 0.6) is 0 Å². The molecular weight excluding hydrogens is 259 g/mol. The lowest BCUT2D eigenvalue weighted by Crippen LogP contribution is -2.19. The summed E-state index contributed by atoms with van der Waals surface area (Å²) in [5, 5.41) is 3.14. The van der Waals surface area contributed by atoms with Crippen molar-refractivity contribution in [2.45, 2.75) is 33.0 Å². The van der Waals surface area contributed by atoms with Gasteiger partial charge < -0.3 is 10.1 Å². The van der Waals surface area contributed by atoms with Gasteiger partial charge in [0.2, 0.25) is 0 Å². The van der Waals surface area contributed by atoms with Gasteiger partial charge in [-0.25, -0.2) is 9.97 Å². The van der Waals surface area contributed by atoms with E-state index in [1.165, 1.54) is 0 Å². The van der Waals surface area contributed by atoms with Crippen LogP contribution in [0.25, 0.3) is 0 Å². The van der Waals surface area contributed by atoms with Gasteiger partial charge in [-0.1, -0.05) is 6.92 Å². The number of aryl methyl sites for hydroxylation is 1. The van der Waals surface area contributed by atoms with Crippen molar-refractivity contribution in [3.63, 3.8) is 0 Å². The molecule has 0 bridgehead atoms. The van der Waals surface area contributed by atoms with E-state index in [0.29, 0.717) is 12.4 Å². The second kappa shape index (κ2) is 7.40. The van der Waals surface area contributed by atoms with Gasteiger partial charge >= 0.3 is 6.18 Å². The maximum atomic E-state index is 11.9. The maximum absolute atomic E-state index is 11.9. The molecule has 0 spiro atoms. The van der Waals surface area contributed by atoms with Crippen molar-refractivity contribution in [2.24, 2.45) is 0 Å². The number of nitrogens with zero attached hydrogens (tertiary/aromatic N) is 2. The molecule has 7 heteroatoms.